The van der Waals surface area contributed by atoms with Gasteiger partial charge in [0.15, 0.2) is 0 Å². The van der Waals surface area contributed by atoms with Gasteiger partial charge in [0.1, 0.15) is 5.82 Å². The first-order valence-corrected chi connectivity index (χ1v) is 1.45. The van der Waals surface area contributed by atoms with Gasteiger partial charge in [-0.2, -0.15) is 0 Å². The number of hydrogen-bond acceptors (Lipinski definition) is 2. The second-order valence-electron chi connectivity index (χ2n) is 0.863. The standard InChI is InChI=1S/C2H2N4/c3-6-5-2-1-4-2/h1,4H. The fourth-order valence-corrected chi connectivity index (χ4v) is 0.138. The SMILES string of the molecule is [N-]=[N+]=NC1=CN1. The van der Waals surface area contributed by atoms with Crippen LogP contribution >= 0.6 is 0 Å². The van der Waals surface area contributed by atoms with E-state index in [0.29, 0.717) is 5.82 Å². The first-order valence-electron chi connectivity index (χ1n) is 1.45. The number of rotatable bonds is 1. The quantitative estimate of drug-likeness (QED) is 0.282. The molecule has 4 heteroatoms. The molecule has 6 heavy (non-hydrogen) atoms. The van der Waals surface area contributed by atoms with E-state index in [-0.39, 0.29) is 0 Å². The molecule has 0 fully saturated rings. The number of hydrogen-bond donors (Lipinski definition) is 1. The van der Waals surface area contributed by atoms with Gasteiger partial charge in [0, 0.05) is 11.1 Å². The summed E-state index contributed by atoms with van der Waals surface area (Å²) < 4.78 is 0. The molecule has 0 aromatic carbocycles. The van der Waals surface area contributed by atoms with E-state index in [2.05, 4.69) is 15.3 Å². The van der Waals surface area contributed by atoms with Crippen molar-refractivity contribution < 1.29 is 0 Å². The summed E-state index contributed by atoms with van der Waals surface area (Å²) in [6.45, 7) is 0. The molecule has 0 atom stereocenters. The van der Waals surface area contributed by atoms with Crippen molar-refractivity contribution in [2.75, 3.05) is 0 Å². The van der Waals surface area contributed by atoms with Gasteiger partial charge in [-0.05, 0) is 10.6 Å². The van der Waals surface area contributed by atoms with Gasteiger partial charge in [0.25, 0.3) is 0 Å². The minimum Gasteiger partial charge on any atom is -0.357 e. The Morgan fingerprint density at radius 1 is 2.00 bits per heavy atom. The second kappa shape index (κ2) is 0.914. The summed E-state index contributed by atoms with van der Waals surface area (Å²) in [5.41, 5.74) is 7.65. The minimum absolute atomic E-state index is 0.623. The zero-order valence-electron chi connectivity index (χ0n) is 2.92. The van der Waals surface area contributed by atoms with E-state index in [1.165, 1.54) is 0 Å². The topological polar surface area (TPSA) is 70.7 Å². The highest BCUT2D eigenvalue weighted by molar-refractivity contribution is 5.13. The van der Waals surface area contributed by atoms with Crippen molar-refractivity contribution in [3.8, 4) is 0 Å². The molecule has 0 saturated carbocycles. The normalized spacial score (nSPS) is 13.7. The number of nitrogens with zero attached hydrogens (tertiary/aromatic N) is 3. The van der Waals surface area contributed by atoms with Crippen molar-refractivity contribution >= 4 is 0 Å². The minimum atomic E-state index is 0.623. The molecule has 0 radical (unpaired) electrons. The van der Waals surface area contributed by atoms with Crippen LogP contribution < -0.4 is 5.32 Å². The van der Waals surface area contributed by atoms with Crippen LogP contribution in [0, 0.1) is 0 Å². The molecule has 1 rings (SSSR count). The van der Waals surface area contributed by atoms with Gasteiger partial charge in [0.2, 0.25) is 0 Å². The van der Waals surface area contributed by atoms with Gasteiger partial charge in [-0.1, -0.05) is 0 Å². The highest BCUT2D eigenvalue weighted by Crippen LogP contribution is 2.00. The molecule has 0 aromatic heterocycles. The summed E-state index contributed by atoms with van der Waals surface area (Å²) >= 11 is 0. The van der Waals surface area contributed by atoms with E-state index < -0.39 is 0 Å². The molecule has 0 aromatic rings. The van der Waals surface area contributed by atoms with Gasteiger partial charge in [-0.3, -0.25) is 0 Å². The molecule has 0 bridgehead atoms. The van der Waals surface area contributed by atoms with Crippen LogP contribution in [-0.4, -0.2) is 0 Å². The van der Waals surface area contributed by atoms with Crippen LogP contribution in [0.1, 0.15) is 0 Å². The predicted octanol–water partition coefficient (Wildman–Crippen LogP) is 0.699. The molecular weight excluding hydrogens is 80.0 g/mol. The third-order valence-electron chi connectivity index (χ3n) is 0.426. The molecule has 1 heterocycles. The number of azide groups is 1. The summed E-state index contributed by atoms with van der Waals surface area (Å²) in [6, 6.07) is 0. The monoisotopic (exact) mass is 82.0 g/mol. The van der Waals surface area contributed by atoms with Crippen LogP contribution in [0.3, 0.4) is 0 Å². The Bertz CT molecular complexity index is 128. The van der Waals surface area contributed by atoms with Crippen molar-refractivity contribution in [3.05, 3.63) is 22.5 Å². The highest BCUT2D eigenvalue weighted by Gasteiger charge is 1.98. The van der Waals surface area contributed by atoms with E-state index in [0.717, 1.165) is 0 Å². The first-order chi connectivity index (χ1) is 2.93. The van der Waals surface area contributed by atoms with Crippen molar-refractivity contribution in [1.29, 1.82) is 0 Å². The highest BCUT2D eigenvalue weighted by atomic mass is 15.3. The Hall–Kier alpha value is -1.15. The lowest BCUT2D eigenvalue weighted by atomic mass is 11.1. The predicted molar refractivity (Wildman–Crippen MR) is 20.4 cm³/mol. The summed E-state index contributed by atoms with van der Waals surface area (Å²) in [7, 11) is 0. The fraction of sp³-hybridized carbons (Fsp3) is 0. The summed E-state index contributed by atoms with van der Waals surface area (Å²) in [5.74, 6) is 0.623. The maximum absolute atomic E-state index is 7.65. The van der Waals surface area contributed by atoms with Crippen molar-refractivity contribution in [1.82, 2.24) is 5.32 Å². The van der Waals surface area contributed by atoms with Crippen LogP contribution in [0.4, 0.5) is 0 Å². The molecule has 0 amide bonds. The Kier molecular flexibility index (Phi) is 0.465. The van der Waals surface area contributed by atoms with E-state index in [1.807, 2.05) is 0 Å². The molecule has 0 spiro atoms. The van der Waals surface area contributed by atoms with Gasteiger partial charge < -0.3 is 5.32 Å². The van der Waals surface area contributed by atoms with Crippen LogP contribution in [0.2, 0.25) is 0 Å². The third-order valence-corrected chi connectivity index (χ3v) is 0.426. The first kappa shape index (κ1) is 3.06. The van der Waals surface area contributed by atoms with Gasteiger partial charge >= 0.3 is 0 Å². The molecule has 1 aliphatic heterocycles. The number of nitrogens with one attached hydrogen (secondary N) is 1. The molecule has 1 aliphatic rings. The van der Waals surface area contributed by atoms with Crippen LogP contribution in [0.5, 0.6) is 0 Å². The van der Waals surface area contributed by atoms with Crippen molar-refractivity contribution in [3.63, 3.8) is 0 Å². The average Bonchev–Trinajstić information content (AvgIpc) is 2.21. The lowest BCUT2D eigenvalue weighted by molar-refractivity contribution is 1.24. The Balaban J connectivity index is 2.54. The Morgan fingerprint density at radius 2 is 2.67 bits per heavy atom. The lowest BCUT2D eigenvalue weighted by Crippen LogP contribution is -1.67. The summed E-state index contributed by atoms with van der Waals surface area (Å²) in [5, 5.41) is 5.77. The van der Waals surface area contributed by atoms with Gasteiger partial charge in [-0.25, -0.2) is 0 Å². The molecule has 0 aliphatic carbocycles. The zero-order valence-corrected chi connectivity index (χ0v) is 2.92. The largest absolute Gasteiger partial charge is 0.357 e. The maximum Gasteiger partial charge on any atom is 0.118 e. The molecule has 1 N–H and O–H groups in total. The van der Waals surface area contributed by atoms with Crippen molar-refractivity contribution in [2.24, 2.45) is 5.11 Å². The average molecular weight is 82.1 g/mol. The maximum atomic E-state index is 7.65. The molecule has 0 saturated heterocycles. The second-order valence-corrected chi connectivity index (χ2v) is 0.863. The Morgan fingerprint density at radius 3 is 2.83 bits per heavy atom. The smallest absolute Gasteiger partial charge is 0.118 e. The zero-order chi connectivity index (χ0) is 4.41. The summed E-state index contributed by atoms with van der Waals surface area (Å²) in [6.07, 6.45) is 1.62. The van der Waals surface area contributed by atoms with Crippen LogP contribution in [0.15, 0.2) is 17.1 Å². The van der Waals surface area contributed by atoms with Gasteiger partial charge in [0.05, 0.1) is 0 Å². The molecule has 0 unspecified atom stereocenters. The summed E-state index contributed by atoms with van der Waals surface area (Å²) in [4.78, 5) is 2.49. The Labute approximate surface area is 34.1 Å². The van der Waals surface area contributed by atoms with E-state index in [9.17, 15) is 0 Å². The lowest BCUT2D eigenvalue weighted by Gasteiger charge is -1.58. The van der Waals surface area contributed by atoms with Gasteiger partial charge in [-0.15, -0.1) is 0 Å². The van der Waals surface area contributed by atoms with E-state index in [4.69, 9.17) is 5.53 Å². The molecular formula is C2H2N4. The molecule has 4 nitrogen and oxygen atoms in total. The van der Waals surface area contributed by atoms with E-state index in [1.54, 1.807) is 6.20 Å². The van der Waals surface area contributed by atoms with E-state index >= 15 is 0 Å². The van der Waals surface area contributed by atoms with Crippen LogP contribution in [0.25, 0.3) is 10.4 Å². The fourth-order valence-electron chi connectivity index (χ4n) is 0.138. The van der Waals surface area contributed by atoms with Crippen LogP contribution in [-0.2, 0) is 0 Å². The van der Waals surface area contributed by atoms with Crippen molar-refractivity contribution in [2.45, 2.75) is 0 Å². The molecule has 30 valence electrons. The third kappa shape index (κ3) is 0.415.